The molecule has 0 spiro atoms. The zero-order valence-corrected chi connectivity index (χ0v) is 33.0. The Bertz CT molecular complexity index is 2190. The number of rotatable bonds is 20. The van der Waals surface area contributed by atoms with Gasteiger partial charge in [-0.2, -0.15) is 176 Å². The van der Waals surface area contributed by atoms with Gasteiger partial charge in [0.2, 0.25) is 0 Å². The molecule has 0 heterocycles. The van der Waals surface area contributed by atoms with Gasteiger partial charge in [0.05, 0.1) is 0 Å². The normalized spacial score (nSPS) is 18.3. The highest BCUT2D eigenvalue weighted by atomic mass is 33.5. The summed E-state index contributed by atoms with van der Waals surface area (Å²) < 4.78 is 618. The lowest BCUT2D eigenvalue weighted by molar-refractivity contribution is -0.459. The molecule has 0 saturated heterocycles. The maximum atomic E-state index is 15.1. The van der Waals surface area contributed by atoms with Gasteiger partial charge in [0.15, 0.2) is 0 Å². The first-order chi connectivity index (χ1) is 30.5. The summed E-state index contributed by atoms with van der Waals surface area (Å²) >= 11 is 0. The van der Waals surface area contributed by atoms with Crippen LogP contribution in [0.5, 0.6) is 0 Å². The molecule has 6 nitrogen and oxygen atoms in total. The number of carbonyl (C=O) groups is 2. The molecule has 0 amide bonds. The van der Waals surface area contributed by atoms with Crippen molar-refractivity contribution in [1.29, 1.82) is 0 Å². The van der Waals surface area contributed by atoms with Crippen LogP contribution in [0, 0.1) is 0 Å². The van der Waals surface area contributed by atoms with E-state index in [9.17, 15) is 202 Å². The summed E-state index contributed by atoms with van der Waals surface area (Å²) in [4.78, 5) is 23.4. The zero-order valence-electron chi connectivity index (χ0n) is 30.5. The summed E-state index contributed by atoms with van der Waals surface area (Å²) in [5, 5.41) is -19.1. The highest BCUT2D eigenvalue weighted by Gasteiger charge is 2.99. The van der Waals surface area contributed by atoms with Crippen LogP contribution in [0.2, 0.25) is 0 Å². The lowest BCUT2D eigenvalue weighted by Gasteiger charge is -2.43. The predicted octanol–water partition coefficient (Wildman–Crippen LogP) is 12.0. The molecule has 0 rings (SSSR count). The van der Waals surface area contributed by atoms with Crippen molar-refractivity contribution in [3.63, 3.8) is 0 Å². The maximum absolute atomic E-state index is 15.1. The molecule has 0 bridgehead atoms. The van der Waals surface area contributed by atoms with E-state index >= 15 is 8.78 Å². The van der Waals surface area contributed by atoms with E-state index in [0.717, 1.165) is 0 Å². The van der Waals surface area contributed by atoms with Crippen LogP contribution in [0.3, 0.4) is 0 Å². The van der Waals surface area contributed by atoms with E-state index in [4.69, 9.17) is 0 Å². The topological polar surface area (TPSA) is 102 Å². The van der Waals surface area contributed by atoms with Crippen molar-refractivity contribution in [2.24, 2.45) is 0 Å². The first-order valence-corrected chi connectivity index (χ1v) is 19.6. The van der Waals surface area contributed by atoms with Crippen molar-refractivity contribution in [3.8, 4) is 0 Å². The van der Waals surface area contributed by atoms with Gasteiger partial charge in [-0.25, -0.2) is 25.6 Å². The number of hydrogen-bond donors (Lipinski definition) is 0. The number of Topliss-reactive ketones (excluding diaryl/α,β-unsaturated/α-hetero) is 2. The van der Waals surface area contributed by atoms with Crippen LogP contribution in [0.1, 0.15) is 0 Å². The molecule has 0 aliphatic rings. The van der Waals surface area contributed by atoms with Crippen LogP contribution in [-0.4, -0.2) is 146 Å². The van der Waals surface area contributed by atoms with Crippen LogP contribution in [-0.2, 0) is 27.3 Å². The molecule has 436 valence electrons. The maximum Gasteiger partial charge on any atom is 0.460 e. The van der Waals surface area contributed by atoms with Gasteiger partial charge in [-0.3, -0.25) is 9.59 Å². The molecule has 0 aliphatic carbocycles. The number of ketones is 2. The Morgan fingerprint density at radius 2 is 0.356 bits per heavy atom. The Labute approximate surface area is 368 Å². The van der Waals surface area contributed by atoms with Gasteiger partial charge in [0.25, 0.3) is 29.3 Å². The van der Waals surface area contributed by atoms with Crippen LogP contribution in [0.25, 0.3) is 0 Å². The van der Waals surface area contributed by atoms with Crippen molar-refractivity contribution in [1.82, 2.24) is 0 Å². The third-order valence-electron chi connectivity index (χ3n) is 8.20. The summed E-state index contributed by atoms with van der Waals surface area (Å²) in [5.41, 5.74) is 0. The first-order valence-electron chi connectivity index (χ1n) is 14.8. The van der Waals surface area contributed by atoms with E-state index in [1.165, 1.54) is 0 Å². The monoisotopic (exact) mass is 1250 g/mol. The van der Waals surface area contributed by atoms with Crippen LogP contribution in [0.15, 0.2) is 0 Å². The quantitative estimate of drug-likeness (QED) is 0.0884. The van der Waals surface area contributed by atoms with Gasteiger partial charge in [-0.15, -0.1) is 0 Å². The average Bonchev–Trinajstić information content (AvgIpc) is 3.12. The van der Waals surface area contributed by atoms with Crippen molar-refractivity contribution in [2.75, 3.05) is 0 Å². The molecule has 0 radical (unpaired) electrons. The van der Waals surface area contributed by atoms with E-state index in [0.29, 0.717) is 0 Å². The largest absolute Gasteiger partial charge is 0.460 e. The summed E-state index contributed by atoms with van der Waals surface area (Å²) in [6.45, 7) is 0. The summed E-state index contributed by atoms with van der Waals surface area (Å²) in [7, 11) is -25.6. The third-order valence-corrected chi connectivity index (χ3v) is 16.4. The fourth-order valence-electron chi connectivity index (χ4n) is 4.00. The second kappa shape index (κ2) is 17.1. The molecule has 0 saturated carbocycles. The minimum Gasteiger partial charge on any atom is -0.287 e. The van der Waals surface area contributed by atoms with Crippen molar-refractivity contribution in [2.45, 2.75) is 118 Å². The summed E-state index contributed by atoms with van der Waals surface area (Å²) in [6, 6.07) is 0. The lowest BCUT2D eigenvalue weighted by atomic mass is 9.87. The molecular weight excluding hydrogens is 1250 g/mol. The summed E-state index contributed by atoms with van der Waals surface area (Å²) in [5.74, 6) is -152. The number of carbonyl (C=O) groups excluding carboxylic acids is 2. The Morgan fingerprint density at radius 3 is 0.493 bits per heavy atom. The molecule has 0 aromatic carbocycles. The Morgan fingerprint density at radius 1 is 0.219 bits per heavy atom. The Kier molecular flexibility index (Phi) is 16.3. The molecule has 0 aliphatic heterocycles. The minimum absolute atomic E-state index is 5.00. The molecule has 2 unspecified atom stereocenters. The second-order valence-electron chi connectivity index (χ2n) is 12.9. The minimum atomic E-state index is -10.3. The standard InChI is InChI=1S/C22F42O6S3/c23-3(24,7(29,30)9(33,34)11(37,38)13(41,42)15(45,46)17(49,50)21(59,60)61)1(65)5(27,19(53,54)55)72(67,68)71-73(69,70)6(28,20(56,57)58)2(66)4(25,26)8(31,32)10(35,36)12(39,40)14(43,44)16(47,48)18(51,52)22(62,63)64. The average molecular weight is 1250 g/mol. The van der Waals surface area contributed by atoms with Crippen molar-refractivity contribution >= 4 is 39.1 Å². The molecule has 0 aromatic rings. The number of halogens is 42. The highest BCUT2D eigenvalue weighted by Crippen LogP contribution is 2.68. The first kappa shape index (κ1) is 69.7. The Balaban J connectivity index is 8.37. The van der Waals surface area contributed by atoms with Gasteiger partial charge in [0, 0.05) is 0 Å². The zero-order chi connectivity index (χ0) is 60.9. The van der Waals surface area contributed by atoms with E-state index in [2.05, 4.69) is 0 Å². The van der Waals surface area contributed by atoms with Crippen LogP contribution < -0.4 is 0 Å². The highest BCUT2D eigenvalue weighted by molar-refractivity contribution is 9.04. The Hall–Kier alpha value is -3.35. The molecule has 73 heavy (non-hydrogen) atoms. The second-order valence-corrected chi connectivity index (χ2v) is 20.2. The molecule has 0 N–H and O–H groups in total. The van der Waals surface area contributed by atoms with Gasteiger partial charge >= 0.3 is 118 Å². The fraction of sp³-hybridized carbons (Fsp3) is 0.909. The SMILES string of the molecule is O=C(C(F)(F)C(F)(F)C(F)(F)C(F)(F)C(F)(F)C(F)(F)C(F)(F)C(F)(F)F)C(F)(C(F)(F)F)S(=O)(=O)SS(=O)(=O)C(F)(C(=O)C(F)(F)C(F)(F)C(F)(F)C(F)(F)C(F)(F)C(F)(F)C(F)(F)C(F)(F)F)C(F)(F)F. The van der Waals surface area contributed by atoms with Crippen molar-refractivity contribution in [3.05, 3.63) is 0 Å². The van der Waals surface area contributed by atoms with Gasteiger partial charge in [-0.1, -0.05) is 0 Å². The van der Waals surface area contributed by atoms with E-state index in [1.54, 1.807) is 0 Å². The number of alkyl halides is 42. The van der Waals surface area contributed by atoms with Crippen LogP contribution >= 0.6 is 9.83 Å². The van der Waals surface area contributed by atoms with E-state index in [-0.39, 0.29) is 0 Å². The molecule has 0 aromatic heterocycles. The fourth-order valence-corrected chi connectivity index (χ4v) is 11.8. The van der Waals surface area contributed by atoms with Crippen LogP contribution in [0.4, 0.5) is 184 Å². The molecule has 51 heteroatoms. The van der Waals surface area contributed by atoms with E-state index in [1.807, 2.05) is 0 Å². The summed E-state index contributed by atoms with van der Waals surface area (Å²) in [6.07, 6.45) is -35.7. The predicted molar refractivity (Wildman–Crippen MR) is 137 cm³/mol. The van der Waals surface area contributed by atoms with Gasteiger partial charge in [-0.05, 0) is 0 Å². The molecule has 2 atom stereocenters. The molecular formula is C22F42O6S3. The molecule has 0 fully saturated rings. The van der Waals surface area contributed by atoms with Gasteiger partial charge in [0.1, 0.15) is 9.83 Å². The number of hydrogen-bond acceptors (Lipinski definition) is 7. The third kappa shape index (κ3) is 8.57. The van der Waals surface area contributed by atoms with Crippen molar-refractivity contribution < 1.29 is 211 Å². The van der Waals surface area contributed by atoms with E-state index < -0.39 is 157 Å². The van der Waals surface area contributed by atoms with Gasteiger partial charge < -0.3 is 0 Å². The smallest absolute Gasteiger partial charge is 0.287 e. The lowest BCUT2D eigenvalue weighted by Crippen LogP contribution is -2.76.